The fourth-order valence-electron chi connectivity index (χ4n) is 3.79. The summed E-state index contributed by atoms with van der Waals surface area (Å²) in [6.07, 6.45) is -1.74. The van der Waals surface area contributed by atoms with Gasteiger partial charge in [0.2, 0.25) is 0 Å². The molecule has 1 aromatic rings. The van der Waals surface area contributed by atoms with Crippen LogP contribution in [0.4, 0.5) is 13.2 Å². The third-order valence-electron chi connectivity index (χ3n) is 5.35. The summed E-state index contributed by atoms with van der Waals surface area (Å²) in [6.45, 7) is 6.79. The molecule has 0 spiro atoms. The minimum atomic E-state index is -4.67. The zero-order chi connectivity index (χ0) is 17.6. The lowest BCUT2D eigenvalue weighted by molar-refractivity contribution is -0.274. The predicted molar refractivity (Wildman–Crippen MR) is 82.6 cm³/mol. The maximum absolute atomic E-state index is 12.2. The maximum Gasteiger partial charge on any atom is 0.573 e. The van der Waals surface area contributed by atoms with E-state index >= 15 is 0 Å². The minimum absolute atomic E-state index is 0.0137. The molecule has 3 atom stereocenters. The fourth-order valence-corrected chi connectivity index (χ4v) is 3.79. The first kappa shape index (κ1) is 17.5. The van der Waals surface area contributed by atoms with Crippen LogP contribution in [0, 0.1) is 5.92 Å². The van der Waals surface area contributed by atoms with Gasteiger partial charge in [0.05, 0.1) is 23.9 Å². The van der Waals surface area contributed by atoms with Crippen molar-refractivity contribution in [2.24, 2.45) is 5.92 Å². The van der Waals surface area contributed by atoms with E-state index in [-0.39, 0.29) is 23.1 Å². The van der Waals surface area contributed by atoms with Gasteiger partial charge in [-0.15, -0.1) is 13.2 Å². The van der Waals surface area contributed by atoms with Crippen LogP contribution in [0.5, 0.6) is 5.75 Å². The van der Waals surface area contributed by atoms with Gasteiger partial charge in [0.15, 0.2) is 0 Å². The SMILES string of the molecule is CC(C)[C@@]12CC[C@@](C)(O1)[C@@H](OCc1ccc(OC(F)(F)F)cc1)C2. The Morgan fingerprint density at radius 3 is 2.42 bits per heavy atom. The standard InChI is InChI=1S/C18H23F3O3/c1-12(2)17-9-8-16(3,24-17)15(10-17)22-11-13-4-6-14(7-5-13)23-18(19,20)21/h4-7,12,15H,8-11H2,1-3H3/t15-,16+,17-/m0/s1. The Morgan fingerprint density at radius 2 is 1.88 bits per heavy atom. The van der Waals surface area contributed by atoms with Crippen molar-refractivity contribution in [3.63, 3.8) is 0 Å². The average Bonchev–Trinajstić information content (AvgIpc) is 2.97. The van der Waals surface area contributed by atoms with Crippen molar-refractivity contribution >= 4 is 0 Å². The van der Waals surface area contributed by atoms with Gasteiger partial charge in [-0.2, -0.15) is 0 Å². The van der Waals surface area contributed by atoms with Crippen molar-refractivity contribution < 1.29 is 27.4 Å². The minimum Gasteiger partial charge on any atom is -0.406 e. The third-order valence-corrected chi connectivity index (χ3v) is 5.35. The first-order valence-electron chi connectivity index (χ1n) is 8.28. The molecular weight excluding hydrogens is 321 g/mol. The number of fused-ring (bicyclic) bond motifs is 2. The van der Waals surface area contributed by atoms with E-state index in [1.807, 2.05) is 0 Å². The monoisotopic (exact) mass is 344 g/mol. The highest BCUT2D eigenvalue weighted by Gasteiger charge is 2.60. The lowest BCUT2D eigenvalue weighted by Crippen LogP contribution is -2.38. The molecule has 2 heterocycles. The number of rotatable bonds is 5. The van der Waals surface area contributed by atoms with Gasteiger partial charge in [0.1, 0.15) is 5.75 Å². The molecule has 2 saturated heterocycles. The molecule has 24 heavy (non-hydrogen) atoms. The molecule has 1 aromatic carbocycles. The molecule has 2 aliphatic rings. The zero-order valence-electron chi connectivity index (χ0n) is 14.2. The number of hydrogen-bond donors (Lipinski definition) is 0. The molecule has 0 aromatic heterocycles. The van der Waals surface area contributed by atoms with Crippen molar-refractivity contribution in [2.45, 2.75) is 70.3 Å². The molecule has 2 aliphatic heterocycles. The fraction of sp³-hybridized carbons (Fsp3) is 0.667. The summed E-state index contributed by atoms with van der Waals surface area (Å²) in [7, 11) is 0. The number of ether oxygens (including phenoxy) is 3. The number of benzene rings is 1. The van der Waals surface area contributed by atoms with E-state index in [9.17, 15) is 13.2 Å². The quantitative estimate of drug-likeness (QED) is 0.765. The van der Waals surface area contributed by atoms with Crippen LogP contribution in [0.15, 0.2) is 24.3 Å². The topological polar surface area (TPSA) is 27.7 Å². The maximum atomic E-state index is 12.2. The molecule has 2 bridgehead atoms. The van der Waals surface area contributed by atoms with Crippen LogP contribution in [0.3, 0.4) is 0 Å². The zero-order valence-corrected chi connectivity index (χ0v) is 14.2. The highest BCUT2D eigenvalue weighted by molar-refractivity contribution is 5.27. The highest BCUT2D eigenvalue weighted by atomic mass is 19.4. The van der Waals surface area contributed by atoms with Crippen molar-refractivity contribution in [3.05, 3.63) is 29.8 Å². The summed E-state index contributed by atoms with van der Waals surface area (Å²) in [6, 6.07) is 5.80. The van der Waals surface area contributed by atoms with E-state index in [0.29, 0.717) is 12.5 Å². The number of alkyl halides is 3. The van der Waals surface area contributed by atoms with Crippen molar-refractivity contribution in [1.29, 1.82) is 0 Å². The van der Waals surface area contributed by atoms with E-state index in [1.165, 1.54) is 12.1 Å². The predicted octanol–water partition coefficient (Wildman–Crippen LogP) is 4.84. The van der Waals surface area contributed by atoms with Crippen LogP contribution in [-0.4, -0.2) is 23.7 Å². The summed E-state index contributed by atoms with van der Waals surface area (Å²) >= 11 is 0. The van der Waals surface area contributed by atoms with Crippen molar-refractivity contribution in [3.8, 4) is 5.75 Å². The molecule has 0 unspecified atom stereocenters. The molecule has 3 nitrogen and oxygen atoms in total. The molecule has 0 aliphatic carbocycles. The molecule has 0 N–H and O–H groups in total. The summed E-state index contributed by atoms with van der Waals surface area (Å²) in [5, 5.41) is 0. The van der Waals surface area contributed by atoms with Crippen LogP contribution in [0.25, 0.3) is 0 Å². The Bertz CT molecular complexity index is 584. The Labute approximate surface area is 140 Å². The molecule has 3 rings (SSSR count). The first-order chi connectivity index (χ1) is 11.1. The lowest BCUT2D eigenvalue weighted by Gasteiger charge is -2.31. The Kier molecular flexibility index (Phi) is 4.33. The normalized spacial score (nSPS) is 32.5. The smallest absolute Gasteiger partial charge is 0.406 e. The van der Waals surface area contributed by atoms with Gasteiger partial charge >= 0.3 is 6.36 Å². The van der Waals surface area contributed by atoms with E-state index in [2.05, 4.69) is 25.5 Å². The van der Waals surface area contributed by atoms with Gasteiger partial charge in [-0.3, -0.25) is 0 Å². The first-order valence-corrected chi connectivity index (χ1v) is 8.28. The van der Waals surface area contributed by atoms with Gasteiger partial charge in [0.25, 0.3) is 0 Å². The molecular formula is C18H23F3O3. The van der Waals surface area contributed by atoms with Gasteiger partial charge in [-0.1, -0.05) is 26.0 Å². The summed E-state index contributed by atoms with van der Waals surface area (Å²) in [4.78, 5) is 0. The molecule has 2 fully saturated rings. The Morgan fingerprint density at radius 1 is 1.21 bits per heavy atom. The Balaban J connectivity index is 1.59. The second-order valence-corrected chi connectivity index (χ2v) is 7.33. The van der Waals surface area contributed by atoms with E-state index in [0.717, 1.165) is 24.8 Å². The van der Waals surface area contributed by atoms with E-state index in [1.54, 1.807) is 12.1 Å². The van der Waals surface area contributed by atoms with Gasteiger partial charge in [-0.05, 0) is 43.4 Å². The second kappa shape index (κ2) is 5.92. The lowest BCUT2D eigenvalue weighted by atomic mass is 9.75. The van der Waals surface area contributed by atoms with Crippen LogP contribution in [0.2, 0.25) is 0 Å². The molecule has 0 radical (unpaired) electrons. The van der Waals surface area contributed by atoms with Gasteiger partial charge in [-0.25, -0.2) is 0 Å². The van der Waals surface area contributed by atoms with Crippen LogP contribution in [0.1, 0.15) is 45.6 Å². The third kappa shape index (κ3) is 3.40. The van der Waals surface area contributed by atoms with Crippen LogP contribution < -0.4 is 4.74 Å². The van der Waals surface area contributed by atoms with Crippen LogP contribution in [-0.2, 0) is 16.1 Å². The number of hydrogen-bond acceptors (Lipinski definition) is 3. The molecule has 6 heteroatoms. The summed E-state index contributed by atoms with van der Waals surface area (Å²) in [5.41, 5.74) is 0.461. The largest absolute Gasteiger partial charge is 0.573 e. The van der Waals surface area contributed by atoms with Crippen LogP contribution >= 0.6 is 0 Å². The summed E-state index contributed by atoms with van der Waals surface area (Å²) in [5.74, 6) is 0.215. The van der Waals surface area contributed by atoms with Gasteiger partial charge < -0.3 is 14.2 Å². The highest BCUT2D eigenvalue weighted by Crippen LogP contribution is 2.55. The second-order valence-electron chi connectivity index (χ2n) is 7.33. The number of halogens is 3. The Hall–Kier alpha value is -1.27. The van der Waals surface area contributed by atoms with Gasteiger partial charge in [0, 0.05) is 6.42 Å². The molecule has 134 valence electrons. The summed E-state index contributed by atoms with van der Waals surface area (Å²) < 4.78 is 52.7. The van der Waals surface area contributed by atoms with E-state index < -0.39 is 6.36 Å². The van der Waals surface area contributed by atoms with E-state index in [4.69, 9.17) is 9.47 Å². The molecule has 0 saturated carbocycles. The van der Waals surface area contributed by atoms with Crippen molar-refractivity contribution in [2.75, 3.05) is 0 Å². The van der Waals surface area contributed by atoms with Crippen molar-refractivity contribution in [1.82, 2.24) is 0 Å². The molecule has 0 amide bonds. The average molecular weight is 344 g/mol.